The van der Waals surface area contributed by atoms with Gasteiger partial charge in [0.15, 0.2) is 0 Å². The molecule has 0 bridgehead atoms. The van der Waals surface area contributed by atoms with Gasteiger partial charge in [0.2, 0.25) is 5.54 Å². The average molecular weight is 364 g/mol. The van der Waals surface area contributed by atoms with Crippen LogP contribution >= 0.6 is 0 Å². The number of benzene rings is 3. The van der Waals surface area contributed by atoms with E-state index in [0.29, 0.717) is 22.5 Å². The summed E-state index contributed by atoms with van der Waals surface area (Å²) in [5, 5.41) is 13.3. The Morgan fingerprint density at radius 1 is 0.889 bits per heavy atom. The quantitative estimate of drug-likeness (QED) is 0.720. The average Bonchev–Trinajstić information content (AvgIpc) is 2.68. The van der Waals surface area contributed by atoms with E-state index in [4.69, 9.17) is 0 Å². The number of carboxylic acid groups (broad SMARTS) is 1. The molecule has 1 aliphatic heterocycles. The third-order valence-electron chi connectivity index (χ3n) is 4.53. The van der Waals surface area contributed by atoms with Crippen LogP contribution in [0.3, 0.4) is 0 Å². The molecular formula is C21H14F2N2O2. The van der Waals surface area contributed by atoms with E-state index < -0.39 is 23.1 Å². The summed E-state index contributed by atoms with van der Waals surface area (Å²) in [6.45, 7) is 0. The largest absolute Gasteiger partial charge is 0.479 e. The number of halogens is 2. The van der Waals surface area contributed by atoms with Crippen molar-refractivity contribution >= 4 is 23.1 Å². The molecule has 0 radical (unpaired) electrons. The second kappa shape index (κ2) is 6.32. The maximum atomic E-state index is 13.4. The molecule has 2 N–H and O–H groups in total. The maximum Gasteiger partial charge on any atom is 0.340 e. The molecule has 1 aliphatic rings. The highest BCUT2D eigenvalue weighted by atomic mass is 19.1. The number of nitrogens with zero attached hydrogens (tertiary/aromatic N) is 1. The van der Waals surface area contributed by atoms with E-state index >= 15 is 0 Å². The number of para-hydroxylation sites is 2. The SMILES string of the molecule is O=C(O)C1(c2ccc(F)cc2)Nc2ccccc2N=C1c1ccc(F)cc1. The molecule has 0 aliphatic carbocycles. The smallest absolute Gasteiger partial charge is 0.340 e. The molecule has 6 heteroatoms. The summed E-state index contributed by atoms with van der Waals surface area (Å²) in [7, 11) is 0. The molecule has 1 heterocycles. The van der Waals surface area contributed by atoms with Gasteiger partial charge in [0.25, 0.3) is 0 Å². The predicted molar refractivity (Wildman–Crippen MR) is 98.4 cm³/mol. The number of rotatable bonds is 3. The Bertz CT molecular complexity index is 1050. The van der Waals surface area contributed by atoms with Gasteiger partial charge in [0.1, 0.15) is 11.6 Å². The topological polar surface area (TPSA) is 61.7 Å². The number of fused-ring (bicyclic) bond motifs is 1. The van der Waals surface area contributed by atoms with Crippen molar-refractivity contribution in [3.63, 3.8) is 0 Å². The zero-order valence-electron chi connectivity index (χ0n) is 14.0. The minimum atomic E-state index is -1.75. The normalized spacial score (nSPS) is 18.2. The molecule has 0 amide bonds. The van der Waals surface area contributed by atoms with E-state index in [0.717, 1.165) is 0 Å². The van der Waals surface area contributed by atoms with Gasteiger partial charge in [-0.25, -0.2) is 18.6 Å². The highest BCUT2D eigenvalue weighted by Gasteiger charge is 2.48. The number of hydrogen-bond donors (Lipinski definition) is 2. The lowest BCUT2D eigenvalue weighted by molar-refractivity contribution is -0.140. The molecule has 0 saturated heterocycles. The van der Waals surface area contributed by atoms with Crippen LogP contribution in [0.5, 0.6) is 0 Å². The number of carboxylic acids is 1. The second-order valence-electron chi connectivity index (χ2n) is 6.17. The number of hydrogen-bond acceptors (Lipinski definition) is 3. The van der Waals surface area contributed by atoms with Gasteiger partial charge >= 0.3 is 5.97 Å². The van der Waals surface area contributed by atoms with Crippen LogP contribution in [-0.2, 0) is 10.3 Å². The molecule has 1 atom stereocenters. The molecule has 3 aromatic carbocycles. The predicted octanol–water partition coefficient (Wildman–Crippen LogP) is 4.49. The zero-order valence-corrected chi connectivity index (χ0v) is 14.0. The van der Waals surface area contributed by atoms with Crippen molar-refractivity contribution < 1.29 is 18.7 Å². The van der Waals surface area contributed by atoms with Crippen LogP contribution in [0.2, 0.25) is 0 Å². The van der Waals surface area contributed by atoms with Gasteiger partial charge in [-0.2, -0.15) is 0 Å². The number of anilines is 1. The Morgan fingerprint density at radius 3 is 2.11 bits per heavy atom. The lowest BCUT2D eigenvalue weighted by atomic mass is 9.80. The monoisotopic (exact) mass is 364 g/mol. The van der Waals surface area contributed by atoms with Crippen molar-refractivity contribution in [2.24, 2.45) is 4.99 Å². The van der Waals surface area contributed by atoms with Gasteiger partial charge in [-0.1, -0.05) is 36.4 Å². The minimum Gasteiger partial charge on any atom is -0.479 e. The van der Waals surface area contributed by atoms with Gasteiger partial charge in [-0.3, -0.25) is 0 Å². The van der Waals surface area contributed by atoms with Gasteiger partial charge < -0.3 is 10.4 Å². The first-order valence-corrected chi connectivity index (χ1v) is 8.22. The fourth-order valence-electron chi connectivity index (χ4n) is 3.22. The molecule has 0 aromatic heterocycles. The van der Waals surface area contributed by atoms with Crippen LogP contribution in [0.1, 0.15) is 11.1 Å². The van der Waals surface area contributed by atoms with Gasteiger partial charge in [0.05, 0.1) is 17.1 Å². The van der Waals surface area contributed by atoms with Crippen molar-refractivity contribution in [3.05, 3.63) is 95.6 Å². The highest BCUT2D eigenvalue weighted by Crippen LogP contribution is 2.41. The van der Waals surface area contributed by atoms with Crippen LogP contribution in [0.25, 0.3) is 0 Å². The molecule has 134 valence electrons. The molecule has 0 saturated carbocycles. The molecular weight excluding hydrogens is 350 g/mol. The summed E-state index contributed by atoms with van der Waals surface area (Å²) in [5.41, 5.74) is 0.310. The summed E-state index contributed by atoms with van der Waals surface area (Å²) in [4.78, 5) is 17.1. The van der Waals surface area contributed by atoms with Gasteiger partial charge in [-0.05, 0) is 47.5 Å². The third kappa shape index (κ3) is 2.75. The Kier molecular flexibility index (Phi) is 3.96. The second-order valence-corrected chi connectivity index (χ2v) is 6.17. The zero-order chi connectivity index (χ0) is 19.0. The Labute approximate surface area is 153 Å². The molecule has 4 nitrogen and oxygen atoms in total. The van der Waals surface area contributed by atoms with Crippen LogP contribution in [0.15, 0.2) is 77.8 Å². The summed E-state index contributed by atoms with van der Waals surface area (Å²) >= 11 is 0. The van der Waals surface area contributed by atoms with Crippen molar-refractivity contribution in [1.82, 2.24) is 0 Å². The Balaban J connectivity index is 2.01. The van der Waals surface area contributed by atoms with Gasteiger partial charge in [-0.15, -0.1) is 0 Å². The first kappa shape index (κ1) is 16.9. The summed E-state index contributed by atoms with van der Waals surface area (Å²) in [6.07, 6.45) is 0. The van der Waals surface area contributed by atoms with E-state index in [2.05, 4.69) is 10.3 Å². The lowest BCUT2D eigenvalue weighted by Crippen LogP contribution is -2.52. The first-order chi connectivity index (χ1) is 13.0. The number of aliphatic carboxylic acids is 1. The molecule has 4 rings (SSSR count). The van der Waals surface area contributed by atoms with E-state index in [-0.39, 0.29) is 5.71 Å². The van der Waals surface area contributed by atoms with Crippen LogP contribution in [0.4, 0.5) is 20.2 Å². The number of nitrogens with one attached hydrogen (secondary N) is 1. The van der Waals surface area contributed by atoms with Crippen LogP contribution in [0, 0.1) is 11.6 Å². The van der Waals surface area contributed by atoms with Crippen LogP contribution < -0.4 is 5.32 Å². The molecule has 3 aromatic rings. The van der Waals surface area contributed by atoms with Crippen molar-refractivity contribution in [2.75, 3.05) is 5.32 Å². The van der Waals surface area contributed by atoms with E-state index in [9.17, 15) is 18.7 Å². The van der Waals surface area contributed by atoms with E-state index in [1.54, 1.807) is 24.3 Å². The first-order valence-electron chi connectivity index (χ1n) is 8.22. The van der Waals surface area contributed by atoms with Crippen LogP contribution in [-0.4, -0.2) is 16.8 Å². The molecule has 0 fully saturated rings. The fraction of sp³-hybridized carbons (Fsp3) is 0.0476. The number of carbonyl (C=O) groups is 1. The van der Waals surface area contributed by atoms with E-state index in [1.165, 1.54) is 48.5 Å². The summed E-state index contributed by atoms with van der Waals surface area (Å²) in [6, 6.07) is 17.7. The lowest BCUT2D eigenvalue weighted by Gasteiger charge is -2.37. The molecule has 27 heavy (non-hydrogen) atoms. The number of aliphatic imine (C=N–C) groups is 1. The van der Waals surface area contributed by atoms with E-state index in [1.807, 2.05) is 0 Å². The standard InChI is InChI=1S/C21H14F2N2O2/c22-15-9-5-13(6-10-15)19-21(20(26)27,14-7-11-16(23)12-8-14)25-18-4-2-1-3-17(18)24-19/h1-12,25H,(H,26,27). The minimum absolute atomic E-state index is 0.195. The Hall–Kier alpha value is -3.54. The van der Waals surface area contributed by atoms with Crippen molar-refractivity contribution in [2.45, 2.75) is 5.54 Å². The van der Waals surface area contributed by atoms with Crippen molar-refractivity contribution in [3.8, 4) is 0 Å². The maximum absolute atomic E-state index is 13.4. The molecule has 0 spiro atoms. The molecule has 1 unspecified atom stereocenters. The Morgan fingerprint density at radius 2 is 1.48 bits per heavy atom. The summed E-state index contributed by atoms with van der Waals surface area (Å²) < 4.78 is 26.8. The fourth-order valence-corrected chi connectivity index (χ4v) is 3.22. The van der Waals surface area contributed by atoms with Gasteiger partial charge in [0, 0.05) is 0 Å². The third-order valence-corrected chi connectivity index (χ3v) is 4.53. The highest BCUT2D eigenvalue weighted by molar-refractivity contribution is 6.23. The summed E-state index contributed by atoms with van der Waals surface area (Å²) in [5.74, 6) is -2.12. The van der Waals surface area contributed by atoms with Crippen molar-refractivity contribution in [1.29, 1.82) is 0 Å².